The second kappa shape index (κ2) is 16.2. The summed E-state index contributed by atoms with van der Waals surface area (Å²) in [5.74, 6) is 0.365. The van der Waals surface area contributed by atoms with Crippen LogP contribution in [0.15, 0.2) is 0 Å². The predicted octanol–water partition coefficient (Wildman–Crippen LogP) is 2.59. The zero-order valence-corrected chi connectivity index (χ0v) is 11.3. The quantitative estimate of drug-likeness (QED) is 0.768. The van der Waals surface area contributed by atoms with Crippen molar-refractivity contribution >= 4 is 6.16 Å². The van der Waals surface area contributed by atoms with Crippen LogP contribution in [0.4, 0.5) is 4.79 Å². The minimum absolute atomic E-state index is 0. The number of rotatable bonds is 3. The summed E-state index contributed by atoms with van der Waals surface area (Å²) in [5.41, 5.74) is 0. The van der Waals surface area contributed by atoms with Crippen molar-refractivity contribution in [2.75, 3.05) is 20.3 Å². The van der Waals surface area contributed by atoms with Gasteiger partial charge in [0.25, 0.3) is 0 Å². The third-order valence-electron chi connectivity index (χ3n) is 1.32. The number of ether oxygens (including phenoxy) is 2. The molecular formula is C13H30O5. The van der Waals surface area contributed by atoms with E-state index in [9.17, 15) is 4.79 Å². The summed E-state index contributed by atoms with van der Waals surface area (Å²) in [7, 11) is 1.29. The van der Waals surface area contributed by atoms with E-state index in [2.05, 4.69) is 9.47 Å². The predicted molar refractivity (Wildman–Crippen MR) is 72.5 cm³/mol. The number of carbonyl (C=O) groups is 1. The van der Waals surface area contributed by atoms with Crippen LogP contribution in [0.3, 0.4) is 0 Å². The largest absolute Gasteiger partial charge is 0.507 e. The van der Waals surface area contributed by atoms with Crippen LogP contribution < -0.4 is 0 Å². The van der Waals surface area contributed by atoms with E-state index in [0.29, 0.717) is 12.5 Å². The molecule has 0 saturated heterocycles. The fourth-order valence-electron chi connectivity index (χ4n) is 0.294. The first-order chi connectivity index (χ1) is 7.93. The van der Waals surface area contributed by atoms with Gasteiger partial charge in [-0.05, 0) is 12.8 Å². The van der Waals surface area contributed by atoms with E-state index >= 15 is 0 Å². The maximum atomic E-state index is 10.3. The van der Waals surface area contributed by atoms with Crippen LogP contribution in [0.25, 0.3) is 0 Å². The van der Waals surface area contributed by atoms with Crippen LogP contribution in [0.5, 0.6) is 0 Å². The van der Waals surface area contributed by atoms with Crippen molar-refractivity contribution < 1.29 is 24.5 Å². The van der Waals surface area contributed by atoms with E-state index in [0.717, 1.165) is 0 Å². The van der Waals surface area contributed by atoms with Gasteiger partial charge in [-0.25, -0.2) is 4.79 Å². The highest BCUT2D eigenvalue weighted by Crippen LogP contribution is 2.14. The summed E-state index contributed by atoms with van der Waals surface area (Å²) in [6.45, 7) is 5.73. The van der Waals surface area contributed by atoms with E-state index in [4.69, 9.17) is 10.2 Å². The Morgan fingerprint density at radius 3 is 1.78 bits per heavy atom. The zero-order valence-electron chi connectivity index (χ0n) is 11.3. The fourth-order valence-corrected chi connectivity index (χ4v) is 0.294. The average Bonchev–Trinajstić information content (AvgIpc) is 3.14. The highest BCUT2D eigenvalue weighted by Gasteiger charge is 2.00. The van der Waals surface area contributed by atoms with Crippen LogP contribution >= 0.6 is 0 Å². The van der Waals surface area contributed by atoms with Gasteiger partial charge in [0, 0.05) is 0 Å². The second-order valence-electron chi connectivity index (χ2n) is 4.25. The maximum absolute atomic E-state index is 10.3. The molecule has 0 aromatic rings. The van der Waals surface area contributed by atoms with Gasteiger partial charge in [0.15, 0.2) is 0 Å². The number of aliphatic hydroxyl groups is 2. The first kappa shape index (κ1) is 22.4. The highest BCUT2D eigenvalue weighted by atomic mass is 16.7. The minimum Gasteiger partial charge on any atom is -0.438 e. The normalized spacial score (nSPS) is 12.8. The SMILES string of the molecule is C.C1CC1.CC(O)CO.COC(=O)OCC(C)C. The van der Waals surface area contributed by atoms with Crippen LogP contribution in [0.1, 0.15) is 47.5 Å². The maximum Gasteiger partial charge on any atom is 0.507 e. The van der Waals surface area contributed by atoms with E-state index in [1.807, 2.05) is 13.8 Å². The number of methoxy groups -OCH3 is 1. The first-order valence-corrected chi connectivity index (χ1v) is 5.93. The lowest BCUT2D eigenvalue weighted by Crippen LogP contribution is -2.09. The molecule has 0 aliphatic heterocycles. The van der Waals surface area contributed by atoms with Crippen LogP contribution in [0.2, 0.25) is 0 Å². The Hall–Kier alpha value is -0.810. The lowest BCUT2D eigenvalue weighted by molar-refractivity contribution is 0.0638. The van der Waals surface area contributed by atoms with Crippen molar-refractivity contribution in [3.8, 4) is 0 Å². The third kappa shape index (κ3) is 36.2. The third-order valence-corrected chi connectivity index (χ3v) is 1.32. The molecule has 1 atom stereocenters. The minimum atomic E-state index is -0.608. The number of aliphatic hydroxyl groups excluding tert-OH is 2. The molecular weight excluding hydrogens is 236 g/mol. The van der Waals surface area contributed by atoms with Crippen molar-refractivity contribution in [1.29, 1.82) is 0 Å². The molecule has 2 N–H and O–H groups in total. The Balaban J connectivity index is -0.000000209. The smallest absolute Gasteiger partial charge is 0.438 e. The summed E-state index contributed by atoms with van der Waals surface area (Å²) in [4.78, 5) is 10.3. The van der Waals surface area contributed by atoms with Crippen molar-refractivity contribution in [3.05, 3.63) is 0 Å². The molecule has 1 rings (SSSR count). The Labute approximate surface area is 111 Å². The Kier molecular flexibility index (Phi) is 20.1. The van der Waals surface area contributed by atoms with Crippen molar-refractivity contribution in [2.45, 2.75) is 53.6 Å². The molecule has 0 spiro atoms. The molecule has 0 aromatic heterocycles. The molecule has 1 saturated carbocycles. The van der Waals surface area contributed by atoms with Crippen LogP contribution in [-0.4, -0.2) is 42.8 Å². The molecule has 1 unspecified atom stereocenters. The van der Waals surface area contributed by atoms with Crippen LogP contribution in [0, 0.1) is 5.92 Å². The summed E-state index contributed by atoms with van der Waals surface area (Å²) >= 11 is 0. The Morgan fingerprint density at radius 1 is 1.22 bits per heavy atom. The molecule has 112 valence electrons. The van der Waals surface area contributed by atoms with Crippen molar-refractivity contribution in [2.24, 2.45) is 5.92 Å². The molecule has 0 heterocycles. The van der Waals surface area contributed by atoms with E-state index in [1.54, 1.807) is 0 Å². The van der Waals surface area contributed by atoms with Crippen molar-refractivity contribution in [3.63, 3.8) is 0 Å². The Bertz CT molecular complexity index is 164. The first-order valence-electron chi connectivity index (χ1n) is 5.93. The van der Waals surface area contributed by atoms with Crippen LogP contribution in [-0.2, 0) is 9.47 Å². The molecule has 0 bridgehead atoms. The van der Waals surface area contributed by atoms with Gasteiger partial charge in [-0.2, -0.15) is 0 Å². The molecule has 5 heteroatoms. The molecule has 18 heavy (non-hydrogen) atoms. The zero-order chi connectivity index (χ0) is 13.7. The summed E-state index contributed by atoms with van der Waals surface area (Å²) in [6, 6.07) is 0. The standard InChI is InChI=1S/C6H12O3.C3H8O2.C3H6.CH4/c1-5(2)4-9-6(7)8-3;1-3(5)2-4;1-2-3-1;/h5H,4H2,1-3H3;3-5H,2H2,1H3;1-3H2;1H4. The summed E-state index contributed by atoms with van der Waals surface area (Å²) < 4.78 is 8.83. The fraction of sp³-hybridized carbons (Fsp3) is 0.923. The number of carbonyl (C=O) groups excluding carboxylic acids is 1. The van der Waals surface area contributed by atoms with Gasteiger partial charge in [0.1, 0.15) is 0 Å². The Morgan fingerprint density at radius 2 is 1.61 bits per heavy atom. The molecule has 0 amide bonds. The highest BCUT2D eigenvalue weighted by molar-refractivity contribution is 5.59. The monoisotopic (exact) mass is 266 g/mol. The molecule has 1 aliphatic carbocycles. The van der Waals surface area contributed by atoms with Gasteiger partial charge in [0.2, 0.25) is 0 Å². The van der Waals surface area contributed by atoms with E-state index < -0.39 is 12.3 Å². The van der Waals surface area contributed by atoms with Gasteiger partial charge in [-0.15, -0.1) is 0 Å². The van der Waals surface area contributed by atoms with Crippen molar-refractivity contribution in [1.82, 2.24) is 0 Å². The average molecular weight is 266 g/mol. The topological polar surface area (TPSA) is 76.0 Å². The van der Waals surface area contributed by atoms with Gasteiger partial charge >= 0.3 is 6.16 Å². The van der Waals surface area contributed by atoms with Gasteiger partial charge < -0.3 is 19.7 Å². The van der Waals surface area contributed by atoms with E-state index in [1.165, 1.54) is 33.3 Å². The molecule has 1 fully saturated rings. The van der Waals surface area contributed by atoms with Gasteiger partial charge in [-0.1, -0.05) is 40.5 Å². The molecule has 5 nitrogen and oxygen atoms in total. The lowest BCUT2D eigenvalue weighted by Gasteiger charge is -2.03. The molecule has 0 radical (unpaired) electrons. The second-order valence-corrected chi connectivity index (χ2v) is 4.25. The summed E-state index contributed by atoms with van der Waals surface area (Å²) in [5, 5.41) is 16.0. The van der Waals surface area contributed by atoms with E-state index in [-0.39, 0.29) is 14.0 Å². The lowest BCUT2D eigenvalue weighted by atomic mass is 10.2. The number of hydrogen-bond acceptors (Lipinski definition) is 5. The van der Waals surface area contributed by atoms with Gasteiger partial charge in [-0.3, -0.25) is 0 Å². The summed E-state index contributed by atoms with van der Waals surface area (Å²) in [6.07, 6.45) is 3.33. The molecule has 1 aliphatic rings. The molecule has 0 aromatic carbocycles. The van der Waals surface area contributed by atoms with Gasteiger partial charge in [0.05, 0.1) is 26.4 Å². The number of hydrogen-bond donors (Lipinski definition) is 2.